The Kier molecular flexibility index (Phi) is 5.53. The molecule has 1 aromatic carbocycles. The minimum Gasteiger partial charge on any atom is -0.352 e. The molecule has 1 aliphatic rings. The summed E-state index contributed by atoms with van der Waals surface area (Å²) in [5, 5.41) is 3.22. The summed E-state index contributed by atoms with van der Waals surface area (Å²) in [6.07, 6.45) is 3.67. The quantitative estimate of drug-likeness (QED) is 0.849. The van der Waals surface area contributed by atoms with E-state index < -0.39 is 0 Å². The Morgan fingerprint density at radius 2 is 1.95 bits per heavy atom. The Bertz CT molecular complexity index is 443. The third-order valence-corrected chi connectivity index (χ3v) is 5.46. The Morgan fingerprint density at radius 3 is 2.65 bits per heavy atom. The van der Waals surface area contributed by atoms with Crippen LogP contribution in [0, 0.1) is 18.8 Å². The summed E-state index contributed by atoms with van der Waals surface area (Å²) in [7, 11) is 0. The van der Waals surface area contributed by atoms with Crippen molar-refractivity contribution in [2.45, 2.75) is 51.0 Å². The van der Waals surface area contributed by atoms with Crippen molar-refractivity contribution in [1.29, 1.82) is 0 Å². The fourth-order valence-electron chi connectivity index (χ4n) is 2.82. The first kappa shape index (κ1) is 15.4. The van der Waals surface area contributed by atoms with Gasteiger partial charge in [-0.15, -0.1) is 11.8 Å². The van der Waals surface area contributed by atoms with E-state index in [1.54, 1.807) is 11.8 Å². The van der Waals surface area contributed by atoms with Crippen LogP contribution in [0.15, 0.2) is 29.2 Å². The monoisotopic (exact) mass is 291 g/mol. The molecule has 0 aliphatic heterocycles. The fourth-order valence-corrected chi connectivity index (χ4v) is 3.53. The number of hydrogen-bond donors (Lipinski definition) is 1. The Hall–Kier alpha value is -0.960. The number of benzene rings is 1. The van der Waals surface area contributed by atoms with Crippen LogP contribution in [-0.4, -0.2) is 17.7 Å². The summed E-state index contributed by atoms with van der Waals surface area (Å²) in [5.74, 6) is 2.00. The number of carbonyl (C=O) groups is 1. The van der Waals surface area contributed by atoms with Crippen LogP contribution in [-0.2, 0) is 4.79 Å². The zero-order valence-corrected chi connectivity index (χ0v) is 13.5. The molecule has 1 fully saturated rings. The molecule has 0 bridgehead atoms. The summed E-state index contributed by atoms with van der Waals surface area (Å²) < 4.78 is 0. The molecule has 0 radical (unpaired) electrons. The van der Waals surface area contributed by atoms with Gasteiger partial charge in [-0.2, -0.15) is 0 Å². The number of thioether (sulfide) groups is 1. The topological polar surface area (TPSA) is 29.1 Å². The molecule has 0 spiro atoms. The van der Waals surface area contributed by atoms with E-state index in [0.717, 1.165) is 17.2 Å². The lowest BCUT2D eigenvalue weighted by Crippen LogP contribution is -2.44. The zero-order chi connectivity index (χ0) is 14.5. The lowest BCUT2D eigenvalue weighted by Gasteiger charge is -2.34. The van der Waals surface area contributed by atoms with Gasteiger partial charge in [0.05, 0.1) is 5.75 Å². The molecular formula is C17H25NOS. The van der Waals surface area contributed by atoms with Crippen LogP contribution in [0.4, 0.5) is 0 Å². The molecule has 110 valence electrons. The number of rotatable bonds is 4. The van der Waals surface area contributed by atoms with E-state index in [4.69, 9.17) is 0 Å². The van der Waals surface area contributed by atoms with Crippen molar-refractivity contribution in [3.05, 3.63) is 29.8 Å². The lowest BCUT2D eigenvalue weighted by atomic mass is 9.78. The molecule has 0 saturated heterocycles. The third kappa shape index (κ3) is 4.27. The highest BCUT2D eigenvalue weighted by molar-refractivity contribution is 8.00. The van der Waals surface area contributed by atoms with Crippen molar-refractivity contribution < 1.29 is 4.79 Å². The van der Waals surface area contributed by atoms with E-state index in [2.05, 4.69) is 50.4 Å². The summed E-state index contributed by atoms with van der Waals surface area (Å²) in [6.45, 7) is 6.64. The molecule has 0 heterocycles. The Morgan fingerprint density at radius 1 is 1.25 bits per heavy atom. The Balaban J connectivity index is 1.79. The number of amides is 1. The molecule has 3 heteroatoms. The number of carbonyl (C=O) groups excluding carboxylic acids is 1. The second-order valence-corrected chi connectivity index (χ2v) is 7.09. The highest BCUT2D eigenvalue weighted by Crippen LogP contribution is 2.29. The molecule has 1 N–H and O–H groups in total. The number of hydrogen-bond acceptors (Lipinski definition) is 2. The molecular weight excluding hydrogens is 266 g/mol. The van der Waals surface area contributed by atoms with Crippen molar-refractivity contribution >= 4 is 17.7 Å². The van der Waals surface area contributed by atoms with Gasteiger partial charge in [0, 0.05) is 10.9 Å². The predicted molar refractivity (Wildman–Crippen MR) is 86.0 cm³/mol. The SMILES string of the molecule is Cc1ccc(SCC(=O)N[C@@H]2CCC[C@H](C)[C@H]2C)cc1. The van der Waals surface area contributed by atoms with Crippen LogP contribution in [0.5, 0.6) is 0 Å². The molecule has 3 atom stereocenters. The van der Waals surface area contributed by atoms with Crippen LogP contribution < -0.4 is 5.32 Å². The summed E-state index contributed by atoms with van der Waals surface area (Å²) >= 11 is 1.62. The van der Waals surface area contributed by atoms with Gasteiger partial charge in [-0.3, -0.25) is 4.79 Å². The first-order valence-electron chi connectivity index (χ1n) is 7.55. The molecule has 20 heavy (non-hydrogen) atoms. The molecule has 1 aliphatic carbocycles. The van der Waals surface area contributed by atoms with E-state index in [9.17, 15) is 4.79 Å². The fraction of sp³-hybridized carbons (Fsp3) is 0.588. The maximum Gasteiger partial charge on any atom is 0.230 e. The minimum absolute atomic E-state index is 0.168. The predicted octanol–water partition coefficient (Wildman–Crippen LogP) is 4.03. The van der Waals surface area contributed by atoms with Gasteiger partial charge in [0.2, 0.25) is 5.91 Å². The van der Waals surface area contributed by atoms with Crippen molar-refractivity contribution in [3.8, 4) is 0 Å². The average molecular weight is 291 g/mol. The average Bonchev–Trinajstić information content (AvgIpc) is 2.43. The van der Waals surface area contributed by atoms with Gasteiger partial charge < -0.3 is 5.32 Å². The first-order chi connectivity index (χ1) is 9.56. The van der Waals surface area contributed by atoms with Gasteiger partial charge in [0.25, 0.3) is 0 Å². The van der Waals surface area contributed by atoms with Crippen molar-refractivity contribution in [1.82, 2.24) is 5.32 Å². The van der Waals surface area contributed by atoms with E-state index >= 15 is 0 Å². The maximum atomic E-state index is 12.1. The van der Waals surface area contributed by atoms with Gasteiger partial charge in [-0.25, -0.2) is 0 Å². The van der Waals surface area contributed by atoms with Gasteiger partial charge >= 0.3 is 0 Å². The molecule has 1 amide bonds. The van der Waals surface area contributed by atoms with Gasteiger partial charge in [-0.05, 0) is 37.3 Å². The van der Waals surface area contributed by atoms with Gasteiger partial charge in [0.15, 0.2) is 0 Å². The highest BCUT2D eigenvalue weighted by atomic mass is 32.2. The summed E-state index contributed by atoms with van der Waals surface area (Å²) in [5.41, 5.74) is 1.25. The van der Waals surface area contributed by atoms with Crippen LogP contribution in [0.1, 0.15) is 38.7 Å². The van der Waals surface area contributed by atoms with Gasteiger partial charge in [0.1, 0.15) is 0 Å². The molecule has 2 rings (SSSR count). The normalized spacial score (nSPS) is 26.2. The number of aryl methyl sites for hydroxylation is 1. The Labute approximate surface area is 126 Å². The van der Waals surface area contributed by atoms with E-state index in [0.29, 0.717) is 17.7 Å². The van der Waals surface area contributed by atoms with Crippen LogP contribution >= 0.6 is 11.8 Å². The smallest absolute Gasteiger partial charge is 0.230 e. The summed E-state index contributed by atoms with van der Waals surface area (Å²) in [4.78, 5) is 13.2. The van der Waals surface area contributed by atoms with E-state index in [-0.39, 0.29) is 5.91 Å². The zero-order valence-electron chi connectivity index (χ0n) is 12.7. The maximum absolute atomic E-state index is 12.1. The summed E-state index contributed by atoms with van der Waals surface area (Å²) in [6, 6.07) is 8.71. The van der Waals surface area contributed by atoms with E-state index in [1.165, 1.54) is 18.4 Å². The van der Waals surface area contributed by atoms with Crippen LogP contribution in [0.25, 0.3) is 0 Å². The van der Waals surface area contributed by atoms with Crippen molar-refractivity contribution in [2.24, 2.45) is 11.8 Å². The highest BCUT2D eigenvalue weighted by Gasteiger charge is 2.27. The van der Waals surface area contributed by atoms with Crippen molar-refractivity contribution in [3.63, 3.8) is 0 Å². The molecule has 1 saturated carbocycles. The third-order valence-electron chi connectivity index (χ3n) is 4.44. The molecule has 0 aromatic heterocycles. The van der Waals surface area contributed by atoms with E-state index in [1.807, 2.05) is 0 Å². The minimum atomic E-state index is 0.168. The van der Waals surface area contributed by atoms with Crippen LogP contribution in [0.3, 0.4) is 0 Å². The van der Waals surface area contributed by atoms with Crippen molar-refractivity contribution in [2.75, 3.05) is 5.75 Å². The molecule has 0 unspecified atom stereocenters. The first-order valence-corrected chi connectivity index (χ1v) is 8.53. The largest absolute Gasteiger partial charge is 0.352 e. The number of nitrogens with one attached hydrogen (secondary N) is 1. The molecule has 2 nitrogen and oxygen atoms in total. The second kappa shape index (κ2) is 7.16. The van der Waals surface area contributed by atoms with Gasteiger partial charge in [-0.1, -0.05) is 44.4 Å². The van der Waals surface area contributed by atoms with Crippen LogP contribution in [0.2, 0.25) is 0 Å². The molecule has 1 aromatic rings. The lowest BCUT2D eigenvalue weighted by molar-refractivity contribution is -0.119. The second-order valence-electron chi connectivity index (χ2n) is 6.04. The standard InChI is InChI=1S/C17H25NOS/c1-12-7-9-15(10-8-12)20-11-17(19)18-16-6-4-5-13(2)14(16)3/h7-10,13-14,16H,4-6,11H2,1-3H3,(H,18,19)/t13-,14+,16+/m0/s1.